The maximum atomic E-state index is 13.8. The van der Waals surface area contributed by atoms with Crippen molar-refractivity contribution in [3.8, 4) is 0 Å². The summed E-state index contributed by atoms with van der Waals surface area (Å²) in [7, 11) is 0. The summed E-state index contributed by atoms with van der Waals surface area (Å²) in [4.78, 5) is 29.6. The standard InChI is InChI=1S/C26H34ClN5O2/c1-18-2-7-23-24(18)25(29-17-28-23)31-12-14-32(15-13-31)26(34)22(19-3-5-20(27)6-4-19)16-30-10-8-21(33)9-11-30/h3-6,17-18,21-22,33H,2,7-16H2,1H3/t18-,22?/m1/s1. The number of hydrogen-bond donors (Lipinski definition) is 1. The van der Waals surface area contributed by atoms with Crippen LogP contribution >= 0.6 is 11.6 Å². The Morgan fingerprint density at radius 2 is 1.76 bits per heavy atom. The summed E-state index contributed by atoms with van der Waals surface area (Å²) >= 11 is 6.13. The Morgan fingerprint density at radius 3 is 2.47 bits per heavy atom. The summed E-state index contributed by atoms with van der Waals surface area (Å²) in [5, 5.41) is 10.6. The highest BCUT2D eigenvalue weighted by atomic mass is 35.5. The highest BCUT2D eigenvalue weighted by Gasteiger charge is 2.33. The number of carbonyl (C=O) groups is 1. The average Bonchev–Trinajstić information content (AvgIpc) is 3.25. The summed E-state index contributed by atoms with van der Waals surface area (Å²) in [5.41, 5.74) is 3.49. The van der Waals surface area contributed by atoms with Crippen molar-refractivity contribution in [3.05, 3.63) is 52.4 Å². The molecule has 8 heteroatoms. The summed E-state index contributed by atoms with van der Waals surface area (Å²) < 4.78 is 0. The monoisotopic (exact) mass is 483 g/mol. The SMILES string of the molecule is C[C@@H]1CCc2ncnc(N3CCN(C(=O)C(CN4CCC(O)CC4)c4ccc(Cl)cc4)CC3)c21. The molecule has 1 aromatic heterocycles. The molecule has 1 aromatic carbocycles. The Labute approximate surface area is 206 Å². The van der Waals surface area contributed by atoms with E-state index in [9.17, 15) is 9.90 Å². The van der Waals surface area contributed by atoms with Gasteiger partial charge in [0.2, 0.25) is 5.91 Å². The quantitative estimate of drug-likeness (QED) is 0.704. The van der Waals surface area contributed by atoms with Crippen molar-refractivity contribution in [3.63, 3.8) is 0 Å². The molecule has 182 valence electrons. The lowest BCUT2D eigenvalue weighted by Gasteiger charge is -2.39. The normalized spacial score (nSPS) is 22.6. The van der Waals surface area contributed by atoms with Crippen LogP contribution in [0.5, 0.6) is 0 Å². The van der Waals surface area contributed by atoms with Gasteiger partial charge in [-0.25, -0.2) is 9.97 Å². The van der Waals surface area contributed by atoms with Crippen LogP contribution in [0.25, 0.3) is 0 Å². The third kappa shape index (κ3) is 4.92. The molecule has 1 amide bonds. The number of aliphatic hydroxyl groups is 1. The van der Waals surface area contributed by atoms with E-state index >= 15 is 0 Å². The zero-order valence-electron chi connectivity index (χ0n) is 19.9. The fourth-order valence-electron chi connectivity index (χ4n) is 5.62. The molecule has 2 aliphatic heterocycles. The van der Waals surface area contributed by atoms with Crippen molar-refractivity contribution in [2.75, 3.05) is 50.7 Å². The number of nitrogens with zero attached hydrogens (tertiary/aromatic N) is 5. The van der Waals surface area contributed by atoms with E-state index in [0.717, 1.165) is 63.2 Å². The smallest absolute Gasteiger partial charge is 0.231 e. The number of fused-ring (bicyclic) bond motifs is 1. The van der Waals surface area contributed by atoms with Crippen LogP contribution < -0.4 is 4.90 Å². The zero-order chi connectivity index (χ0) is 23.7. The number of rotatable bonds is 5. The first-order valence-electron chi connectivity index (χ1n) is 12.5. The predicted molar refractivity (Wildman–Crippen MR) is 133 cm³/mol. The van der Waals surface area contributed by atoms with Crippen LogP contribution in [0.1, 0.15) is 54.8 Å². The van der Waals surface area contributed by atoms with E-state index in [1.165, 1.54) is 11.3 Å². The van der Waals surface area contributed by atoms with E-state index in [4.69, 9.17) is 11.6 Å². The maximum Gasteiger partial charge on any atom is 0.231 e. The fraction of sp³-hybridized carbons (Fsp3) is 0.577. The third-order valence-electron chi connectivity index (χ3n) is 7.71. The summed E-state index contributed by atoms with van der Waals surface area (Å²) in [5.74, 6) is 1.49. The molecule has 2 atom stereocenters. The number of carbonyl (C=O) groups excluding carboxylic acids is 1. The summed E-state index contributed by atoms with van der Waals surface area (Å²) in [6.07, 6.45) is 5.16. The molecular weight excluding hydrogens is 450 g/mol. The van der Waals surface area contributed by atoms with Gasteiger partial charge in [0.25, 0.3) is 0 Å². The van der Waals surface area contributed by atoms with Crippen LogP contribution in [-0.4, -0.2) is 82.7 Å². The molecule has 0 bridgehead atoms. The molecule has 5 rings (SSSR count). The Kier molecular flexibility index (Phi) is 7.04. The lowest BCUT2D eigenvalue weighted by molar-refractivity contribution is -0.133. The minimum absolute atomic E-state index is 0.175. The number of piperidine rings is 1. The number of aryl methyl sites for hydroxylation is 1. The van der Waals surface area contributed by atoms with Gasteiger partial charge in [0.05, 0.1) is 12.0 Å². The molecule has 2 saturated heterocycles. The van der Waals surface area contributed by atoms with Crippen LogP contribution in [0.3, 0.4) is 0 Å². The van der Waals surface area contributed by atoms with Gasteiger partial charge in [-0.15, -0.1) is 0 Å². The lowest BCUT2D eigenvalue weighted by Crippen LogP contribution is -2.52. The number of halogens is 1. The Bertz CT molecular complexity index is 1000. The van der Waals surface area contributed by atoms with Gasteiger partial charge in [-0.2, -0.15) is 0 Å². The number of aliphatic hydroxyl groups excluding tert-OH is 1. The van der Waals surface area contributed by atoms with E-state index in [-0.39, 0.29) is 17.9 Å². The molecule has 2 fully saturated rings. The van der Waals surface area contributed by atoms with Gasteiger partial charge >= 0.3 is 0 Å². The van der Waals surface area contributed by atoms with Crippen molar-refractivity contribution >= 4 is 23.3 Å². The number of likely N-dealkylation sites (tertiary alicyclic amines) is 1. The highest BCUT2D eigenvalue weighted by Crippen LogP contribution is 2.37. The fourth-order valence-corrected chi connectivity index (χ4v) is 5.74. The van der Waals surface area contributed by atoms with Crippen LogP contribution in [-0.2, 0) is 11.2 Å². The number of anilines is 1. The van der Waals surface area contributed by atoms with Crippen molar-refractivity contribution in [1.29, 1.82) is 0 Å². The van der Waals surface area contributed by atoms with E-state index in [0.29, 0.717) is 30.6 Å². The molecule has 1 N–H and O–H groups in total. The van der Waals surface area contributed by atoms with E-state index in [1.807, 2.05) is 29.2 Å². The van der Waals surface area contributed by atoms with Crippen LogP contribution in [0.15, 0.2) is 30.6 Å². The topological polar surface area (TPSA) is 72.8 Å². The van der Waals surface area contributed by atoms with E-state index in [1.54, 1.807) is 6.33 Å². The van der Waals surface area contributed by atoms with Gasteiger partial charge in [0, 0.05) is 62.1 Å². The largest absolute Gasteiger partial charge is 0.393 e. The van der Waals surface area contributed by atoms with Gasteiger partial charge in [-0.05, 0) is 49.3 Å². The second-order valence-corrected chi connectivity index (χ2v) is 10.4. The zero-order valence-corrected chi connectivity index (χ0v) is 20.6. The number of benzene rings is 1. The molecular formula is C26H34ClN5O2. The summed E-state index contributed by atoms with van der Waals surface area (Å²) in [6, 6.07) is 7.69. The minimum atomic E-state index is -0.234. The summed E-state index contributed by atoms with van der Waals surface area (Å²) in [6.45, 7) is 7.52. The Hall–Kier alpha value is -2.22. The van der Waals surface area contributed by atoms with Gasteiger partial charge in [-0.1, -0.05) is 30.7 Å². The number of hydrogen-bond acceptors (Lipinski definition) is 6. The first-order chi connectivity index (χ1) is 16.5. The molecule has 0 radical (unpaired) electrons. The molecule has 3 aliphatic rings. The van der Waals surface area contributed by atoms with E-state index < -0.39 is 0 Å². The predicted octanol–water partition coefficient (Wildman–Crippen LogP) is 3.07. The van der Waals surface area contributed by atoms with Gasteiger partial charge in [0.15, 0.2) is 0 Å². The maximum absolute atomic E-state index is 13.8. The molecule has 7 nitrogen and oxygen atoms in total. The second kappa shape index (κ2) is 10.2. The third-order valence-corrected chi connectivity index (χ3v) is 7.96. The van der Waals surface area contributed by atoms with Crippen LogP contribution in [0.2, 0.25) is 5.02 Å². The van der Waals surface area contributed by atoms with E-state index in [2.05, 4.69) is 26.7 Å². The van der Waals surface area contributed by atoms with Crippen molar-refractivity contribution in [1.82, 2.24) is 19.8 Å². The van der Waals surface area contributed by atoms with Gasteiger partial charge in [-0.3, -0.25) is 4.79 Å². The van der Waals surface area contributed by atoms with Crippen LogP contribution in [0.4, 0.5) is 5.82 Å². The molecule has 34 heavy (non-hydrogen) atoms. The molecule has 2 aromatic rings. The van der Waals surface area contributed by atoms with Crippen molar-refractivity contribution in [2.24, 2.45) is 0 Å². The molecule has 3 heterocycles. The Morgan fingerprint density at radius 1 is 1.06 bits per heavy atom. The second-order valence-electron chi connectivity index (χ2n) is 9.95. The molecule has 1 aliphatic carbocycles. The van der Waals surface area contributed by atoms with Gasteiger partial charge < -0.3 is 19.8 Å². The van der Waals surface area contributed by atoms with Crippen molar-refractivity contribution in [2.45, 2.75) is 50.5 Å². The highest BCUT2D eigenvalue weighted by molar-refractivity contribution is 6.30. The van der Waals surface area contributed by atoms with Gasteiger partial charge in [0.1, 0.15) is 12.1 Å². The average molecular weight is 484 g/mol. The molecule has 0 saturated carbocycles. The lowest BCUT2D eigenvalue weighted by atomic mass is 9.95. The first-order valence-corrected chi connectivity index (χ1v) is 12.9. The van der Waals surface area contributed by atoms with Crippen molar-refractivity contribution < 1.29 is 9.90 Å². The number of amides is 1. The minimum Gasteiger partial charge on any atom is -0.393 e. The number of aromatic nitrogens is 2. The first kappa shape index (κ1) is 23.5. The number of piperazine rings is 1. The molecule has 1 unspecified atom stereocenters. The Balaban J connectivity index is 1.29. The molecule has 0 spiro atoms. The van der Waals surface area contributed by atoms with Crippen LogP contribution in [0, 0.1) is 0 Å².